The van der Waals surface area contributed by atoms with Crippen LogP contribution in [0.4, 0.5) is 10.3 Å². The van der Waals surface area contributed by atoms with Crippen LogP contribution in [-0.4, -0.2) is 45.0 Å². The van der Waals surface area contributed by atoms with Gasteiger partial charge in [-0.2, -0.15) is 0 Å². The van der Waals surface area contributed by atoms with Crippen LogP contribution in [0.1, 0.15) is 24.4 Å². The highest BCUT2D eigenvalue weighted by Crippen LogP contribution is 2.36. The van der Waals surface area contributed by atoms with E-state index in [0.717, 1.165) is 19.4 Å². The summed E-state index contributed by atoms with van der Waals surface area (Å²) in [5.41, 5.74) is 1.36. The number of nitrogens with zero attached hydrogens (tertiary/aromatic N) is 3. The average molecular weight is 457 g/mol. The third-order valence-electron chi connectivity index (χ3n) is 6.25. The van der Waals surface area contributed by atoms with Gasteiger partial charge in [0.1, 0.15) is 5.82 Å². The van der Waals surface area contributed by atoms with Crippen LogP contribution >= 0.6 is 11.6 Å². The lowest BCUT2D eigenvalue weighted by atomic mass is 10.1. The highest BCUT2D eigenvalue weighted by molar-refractivity contribution is 6.30. The minimum absolute atomic E-state index is 0.0146. The van der Waals surface area contributed by atoms with Crippen molar-refractivity contribution in [3.05, 3.63) is 75.5 Å². The number of hydrogen-bond acceptors (Lipinski definition) is 6. The van der Waals surface area contributed by atoms with Gasteiger partial charge in [0.25, 0.3) is 5.56 Å². The lowest BCUT2D eigenvalue weighted by Gasteiger charge is -2.23. The number of benzene rings is 1. The standard InChI is InChI=1S/C23H22ClFN4O3/c24-17-2-1-14(8-18(17)25)21(11-30)29-6-4-13(9-22(29)31)19-3-5-26-23(27-19)28-20-10-16-7-15(20)12-32-16/h1-6,8-9,15-16,20-21,30H,7,10-12H2,(H,26,27,28)/t15?,16-,20?,21?/m0/s1. The Bertz CT molecular complexity index is 1200. The number of nitrogens with one attached hydrogen (secondary N) is 1. The zero-order chi connectivity index (χ0) is 22.2. The fourth-order valence-electron chi connectivity index (χ4n) is 4.57. The summed E-state index contributed by atoms with van der Waals surface area (Å²) in [5.74, 6) is 0.397. The Kier molecular flexibility index (Phi) is 5.67. The van der Waals surface area contributed by atoms with Crippen LogP contribution in [0.15, 0.2) is 53.6 Å². The lowest BCUT2D eigenvalue weighted by Crippen LogP contribution is -2.30. The van der Waals surface area contributed by atoms with Gasteiger partial charge in [-0.25, -0.2) is 14.4 Å². The van der Waals surface area contributed by atoms with Crippen molar-refractivity contribution in [3.63, 3.8) is 0 Å². The Morgan fingerprint density at radius 2 is 2.16 bits per heavy atom. The van der Waals surface area contributed by atoms with Crippen molar-refractivity contribution in [2.24, 2.45) is 5.92 Å². The van der Waals surface area contributed by atoms with Gasteiger partial charge in [-0.05, 0) is 42.7 Å². The van der Waals surface area contributed by atoms with Gasteiger partial charge in [0.05, 0.1) is 36.1 Å². The molecule has 2 aromatic heterocycles. The molecule has 4 atom stereocenters. The van der Waals surface area contributed by atoms with Crippen molar-refractivity contribution < 1.29 is 14.2 Å². The molecule has 166 valence electrons. The molecule has 0 amide bonds. The summed E-state index contributed by atoms with van der Waals surface area (Å²) in [5, 5.41) is 13.3. The van der Waals surface area contributed by atoms with Crippen LogP contribution < -0.4 is 10.9 Å². The predicted octanol–water partition coefficient (Wildman–Crippen LogP) is 3.27. The van der Waals surface area contributed by atoms with Gasteiger partial charge in [0, 0.05) is 36.0 Å². The number of pyridine rings is 1. The van der Waals surface area contributed by atoms with E-state index in [2.05, 4.69) is 15.3 Å². The van der Waals surface area contributed by atoms with Gasteiger partial charge in [-0.1, -0.05) is 17.7 Å². The van der Waals surface area contributed by atoms with Crippen molar-refractivity contribution in [2.45, 2.75) is 31.0 Å². The molecule has 2 N–H and O–H groups in total. The number of fused-ring (bicyclic) bond motifs is 2. The highest BCUT2D eigenvalue weighted by Gasteiger charge is 2.41. The van der Waals surface area contributed by atoms with Crippen LogP contribution in [-0.2, 0) is 4.74 Å². The number of rotatable bonds is 6. The van der Waals surface area contributed by atoms with Gasteiger partial charge in [0.2, 0.25) is 5.95 Å². The second-order valence-electron chi connectivity index (χ2n) is 8.24. The summed E-state index contributed by atoms with van der Waals surface area (Å²) < 4.78 is 20.9. The smallest absolute Gasteiger partial charge is 0.251 e. The van der Waals surface area contributed by atoms with Crippen LogP contribution in [0, 0.1) is 11.7 Å². The predicted molar refractivity (Wildman–Crippen MR) is 118 cm³/mol. The Labute approximate surface area is 188 Å². The molecule has 3 heterocycles. The molecule has 3 unspecified atom stereocenters. The molecule has 1 saturated heterocycles. The Morgan fingerprint density at radius 3 is 2.84 bits per heavy atom. The molecule has 9 heteroatoms. The van der Waals surface area contributed by atoms with Crippen LogP contribution in [0.2, 0.25) is 5.02 Å². The first kappa shape index (κ1) is 21.1. The number of anilines is 1. The maximum atomic E-state index is 13.9. The van der Waals surface area contributed by atoms with Crippen LogP contribution in [0.3, 0.4) is 0 Å². The molecule has 32 heavy (non-hydrogen) atoms. The Morgan fingerprint density at radius 1 is 1.28 bits per heavy atom. The van der Waals surface area contributed by atoms with Crippen molar-refractivity contribution in [3.8, 4) is 11.3 Å². The van der Waals surface area contributed by atoms with E-state index in [4.69, 9.17) is 16.3 Å². The van der Waals surface area contributed by atoms with Crippen molar-refractivity contribution >= 4 is 17.5 Å². The summed E-state index contributed by atoms with van der Waals surface area (Å²) in [6.45, 7) is 0.402. The molecular formula is C23H22ClFN4O3. The molecule has 0 spiro atoms. The Hall–Kier alpha value is -2.81. The maximum absolute atomic E-state index is 13.9. The molecule has 2 bridgehead atoms. The van der Waals surface area contributed by atoms with Gasteiger partial charge < -0.3 is 19.7 Å². The largest absolute Gasteiger partial charge is 0.394 e. The van der Waals surface area contributed by atoms with E-state index in [0.29, 0.717) is 40.8 Å². The highest BCUT2D eigenvalue weighted by atomic mass is 35.5. The molecule has 0 radical (unpaired) electrons. The SMILES string of the molecule is O=c1cc(-c2ccnc(NC3C[C@@H]4CC3CO4)n2)ccn1C(CO)c1ccc(Cl)c(F)c1. The minimum Gasteiger partial charge on any atom is -0.394 e. The minimum atomic E-state index is -0.731. The van der Waals surface area contributed by atoms with Gasteiger partial charge in [0.15, 0.2) is 0 Å². The summed E-state index contributed by atoms with van der Waals surface area (Å²) in [7, 11) is 0. The summed E-state index contributed by atoms with van der Waals surface area (Å²) in [6, 6.07) is 8.73. The molecule has 2 aliphatic rings. The van der Waals surface area contributed by atoms with Gasteiger partial charge in [-0.15, -0.1) is 0 Å². The number of aliphatic hydroxyl groups excluding tert-OH is 1. The second-order valence-corrected chi connectivity index (χ2v) is 8.64. The van der Waals surface area contributed by atoms with E-state index in [1.165, 1.54) is 22.8 Å². The molecule has 5 rings (SSSR count). The topological polar surface area (TPSA) is 89.3 Å². The van der Waals surface area contributed by atoms with Crippen molar-refractivity contribution in [1.82, 2.24) is 14.5 Å². The molecule has 3 aromatic rings. The first-order chi connectivity index (χ1) is 15.5. The third-order valence-corrected chi connectivity index (χ3v) is 6.56. The van der Waals surface area contributed by atoms with E-state index < -0.39 is 11.9 Å². The van der Waals surface area contributed by atoms with E-state index in [-0.39, 0.29) is 17.2 Å². The first-order valence-corrected chi connectivity index (χ1v) is 10.9. The summed E-state index contributed by atoms with van der Waals surface area (Å²) in [4.78, 5) is 21.8. The summed E-state index contributed by atoms with van der Waals surface area (Å²) in [6.07, 6.45) is 5.57. The van der Waals surface area contributed by atoms with E-state index in [1.807, 2.05) is 0 Å². The van der Waals surface area contributed by atoms with Gasteiger partial charge in [-0.3, -0.25) is 4.79 Å². The van der Waals surface area contributed by atoms with E-state index in [9.17, 15) is 14.3 Å². The fraction of sp³-hybridized carbons (Fsp3) is 0.348. The zero-order valence-corrected chi connectivity index (χ0v) is 17.9. The molecular weight excluding hydrogens is 435 g/mol. The van der Waals surface area contributed by atoms with Crippen molar-refractivity contribution in [1.29, 1.82) is 0 Å². The van der Waals surface area contributed by atoms with Gasteiger partial charge >= 0.3 is 0 Å². The Balaban J connectivity index is 1.39. The van der Waals surface area contributed by atoms with Crippen LogP contribution in [0.5, 0.6) is 0 Å². The van der Waals surface area contributed by atoms with Crippen molar-refractivity contribution in [2.75, 3.05) is 18.5 Å². The number of aliphatic hydroxyl groups is 1. The number of halogens is 2. The summed E-state index contributed by atoms with van der Waals surface area (Å²) >= 11 is 5.75. The normalized spacial score (nSPS) is 22.8. The average Bonchev–Trinajstić information content (AvgIpc) is 3.41. The third kappa shape index (κ3) is 4.01. The van der Waals surface area contributed by atoms with Crippen LogP contribution in [0.25, 0.3) is 11.3 Å². The molecule has 1 aromatic carbocycles. The number of hydrogen-bond donors (Lipinski definition) is 2. The second kappa shape index (κ2) is 8.61. The quantitative estimate of drug-likeness (QED) is 0.591. The van der Waals surface area contributed by atoms with E-state index >= 15 is 0 Å². The number of ether oxygens (including phenoxy) is 1. The monoisotopic (exact) mass is 456 g/mol. The molecule has 1 aliphatic heterocycles. The molecule has 1 saturated carbocycles. The zero-order valence-electron chi connectivity index (χ0n) is 17.1. The fourth-order valence-corrected chi connectivity index (χ4v) is 4.68. The van der Waals surface area contributed by atoms with E-state index in [1.54, 1.807) is 30.6 Å². The molecule has 7 nitrogen and oxygen atoms in total. The first-order valence-electron chi connectivity index (χ1n) is 10.5. The molecule has 2 fully saturated rings. The lowest BCUT2D eigenvalue weighted by molar-refractivity contribution is 0.0723. The molecule has 1 aliphatic carbocycles. The maximum Gasteiger partial charge on any atom is 0.251 e. The number of aromatic nitrogens is 3.